The number of para-hydroxylation sites is 1. The second kappa shape index (κ2) is 16.3. The molecule has 0 radical (unpaired) electrons. The summed E-state index contributed by atoms with van der Waals surface area (Å²) in [6.07, 6.45) is 0. The molecule has 0 spiro atoms. The highest BCUT2D eigenvalue weighted by Gasteiger charge is 2.12. The number of rotatable bonds is 6. The molecule has 0 saturated heterocycles. The summed E-state index contributed by atoms with van der Waals surface area (Å²) in [5.74, 6) is -0.0581. The molecule has 0 aliphatic carbocycles. The Kier molecular flexibility index (Phi) is 15.0. The van der Waals surface area contributed by atoms with E-state index < -0.39 is 0 Å². The van der Waals surface area contributed by atoms with Crippen molar-refractivity contribution in [1.82, 2.24) is 15.2 Å². The van der Waals surface area contributed by atoms with Gasteiger partial charge in [0.25, 0.3) is 5.91 Å². The molecule has 4 nitrogen and oxygen atoms in total. The fraction of sp³-hybridized carbons (Fsp3) is 0.481. The number of hydrogen-bond acceptors (Lipinski definition) is 3. The van der Waals surface area contributed by atoms with Crippen molar-refractivity contribution in [3.8, 4) is 0 Å². The number of amides is 1. The number of likely N-dealkylation sites (N-methyl/N-ethyl adjacent to an activating group) is 1. The van der Waals surface area contributed by atoms with E-state index in [4.69, 9.17) is 4.98 Å². The number of carbonyl (C=O) groups excluding carboxylic acids is 1. The van der Waals surface area contributed by atoms with E-state index >= 15 is 0 Å². The number of nitrogens with one attached hydrogen (secondary N) is 1. The predicted molar refractivity (Wildman–Crippen MR) is 138 cm³/mol. The van der Waals surface area contributed by atoms with Gasteiger partial charge in [0.1, 0.15) is 0 Å². The lowest BCUT2D eigenvalue weighted by Crippen LogP contribution is -2.34. The fourth-order valence-electron chi connectivity index (χ4n) is 3.11. The summed E-state index contributed by atoms with van der Waals surface area (Å²) < 4.78 is 0. The van der Waals surface area contributed by atoms with Crippen LogP contribution < -0.4 is 5.32 Å². The van der Waals surface area contributed by atoms with Gasteiger partial charge in [-0.25, -0.2) is 4.98 Å². The topological polar surface area (TPSA) is 45.2 Å². The van der Waals surface area contributed by atoms with Gasteiger partial charge < -0.3 is 10.2 Å². The van der Waals surface area contributed by atoms with E-state index in [1.54, 1.807) is 0 Å². The maximum Gasteiger partial charge on any atom is 0.253 e. The average Bonchev–Trinajstić information content (AvgIpc) is 2.84. The SMILES string of the molecule is CC.CC.CC.CCN(CC)CCNC(=O)c1cccc2cc3ccc(C)cc3nc12. The molecule has 0 atom stereocenters. The van der Waals surface area contributed by atoms with Crippen molar-refractivity contribution in [1.29, 1.82) is 0 Å². The van der Waals surface area contributed by atoms with Gasteiger partial charge >= 0.3 is 0 Å². The van der Waals surface area contributed by atoms with Gasteiger partial charge in [0.15, 0.2) is 0 Å². The molecule has 0 bridgehead atoms. The van der Waals surface area contributed by atoms with Gasteiger partial charge in [-0.3, -0.25) is 4.79 Å². The summed E-state index contributed by atoms with van der Waals surface area (Å²) in [4.78, 5) is 19.7. The molecule has 0 unspecified atom stereocenters. The zero-order valence-electron chi connectivity index (χ0n) is 21.2. The van der Waals surface area contributed by atoms with E-state index in [0.717, 1.165) is 41.4 Å². The minimum atomic E-state index is -0.0581. The first-order valence-electron chi connectivity index (χ1n) is 11.9. The maximum absolute atomic E-state index is 12.7. The second-order valence-corrected chi connectivity index (χ2v) is 6.34. The van der Waals surface area contributed by atoms with Gasteiger partial charge in [-0.2, -0.15) is 0 Å². The highest BCUT2D eigenvalue weighted by molar-refractivity contribution is 6.07. The van der Waals surface area contributed by atoms with Crippen molar-refractivity contribution in [2.24, 2.45) is 0 Å². The zero-order valence-corrected chi connectivity index (χ0v) is 21.2. The molecule has 3 aromatic rings. The number of fused-ring (bicyclic) bond motifs is 2. The molecule has 0 fully saturated rings. The molecule has 2 aromatic carbocycles. The lowest BCUT2D eigenvalue weighted by Gasteiger charge is -2.18. The summed E-state index contributed by atoms with van der Waals surface area (Å²) in [7, 11) is 0. The maximum atomic E-state index is 12.7. The molecule has 1 amide bonds. The molecule has 0 aliphatic heterocycles. The second-order valence-electron chi connectivity index (χ2n) is 6.34. The van der Waals surface area contributed by atoms with Crippen molar-refractivity contribution >= 4 is 27.7 Å². The Morgan fingerprint density at radius 2 is 1.55 bits per heavy atom. The largest absolute Gasteiger partial charge is 0.351 e. The standard InChI is InChI=1S/C21H25N3O.3C2H6/c1-4-24(5-2)12-11-22-21(25)18-8-6-7-17-14-16-10-9-15(3)13-19(16)23-20(17)18;3*1-2/h6-10,13-14H,4-5,11-12H2,1-3H3,(H,22,25);3*1-2H3. The molecular formula is C27H43N3O. The van der Waals surface area contributed by atoms with Gasteiger partial charge in [0, 0.05) is 23.9 Å². The van der Waals surface area contributed by atoms with Crippen LogP contribution in [0.15, 0.2) is 42.5 Å². The minimum absolute atomic E-state index is 0.0581. The molecule has 4 heteroatoms. The molecule has 1 heterocycles. The third-order valence-electron chi connectivity index (χ3n) is 4.65. The first-order chi connectivity index (χ1) is 15.1. The van der Waals surface area contributed by atoms with Gasteiger partial charge in [-0.1, -0.05) is 79.7 Å². The molecule has 0 aliphatic rings. The van der Waals surface area contributed by atoms with Crippen molar-refractivity contribution in [3.63, 3.8) is 0 Å². The number of aryl methyl sites for hydroxylation is 1. The highest BCUT2D eigenvalue weighted by atomic mass is 16.1. The Hall–Kier alpha value is -2.46. The Bertz CT molecular complexity index is 902. The van der Waals surface area contributed by atoms with E-state index in [9.17, 15) is 4.79 Å². The zero-order chi connectivity index (χ0) is 23.8. The van der Waals surface area contributed by atoms with Crippen LogP contribution in [-0.2, 0) is 0 Å². The molecule has 31 heavy (non-hydrogen) atoms. The Labute approximate surface area is 190 Å². The third kappa shape index (κ3) is 8.29. The minimum Gasteiger partial charge on any atom is -0.351 e. The van der Waals surface area contributed by atoms with E-state index in [-0.39, 0.29) is 5.91 Å². The summed E-state index contributed by atoms with van der Waals surface area (Å²) in [6, 6.07) is 14.1. The predicted octanol–water partition coefficient (Wildman–Crippen LogP) is 6.85. The quantitative estimate of drug-likeness (QED) is 0.439. The molecule has 1 aromatic heterocycles. The van der Waals surface area contributed by atoms with E-state index in [2.05, 4.69) is 55.3 Å². The monoisotopic (exact) mass is 425 g/mol. The molecule has 172 valence electrons. The van der Waals surface area contributed by atoms with Crippen LogP contribution in [0.1, 0.15) is 71.3 Å². The third-order valence-corrected chi connectivity index (χ3v) is 4.65. The number of aromatic nitrogens is 1. The van der Waals surface area contributed by atoms with Crippen LogP contribution in [0.4, 0.5) is 0 Å². The van der Waals surface area contributed by atoms with E-state index in [0.29, 0.717) is 12.1 Å². The van der Waals surface area contributed by atoms with Crippen LogP contribution in [-0.4, -0.2) is 42.0 Å². The van der Waals surface area contributed by atoms with Crippen molar-refractivity contribution in [2.75, 3.05) is 26.2 Å². The van der Waals surface area contributed by atoms with E-state index in [1.165, 1.54) is 5.56 Å². The first-order valence-corrected chi connectivity index (χ1v) is 11.9. The lowest BCUT2D eigenvalue weighted by atomic mass is 10.1. The summed E-state index contributed by atoms with van der Waals surface area (Å²) >= 11 is 0. The van der Waals surface area contributed by atoms with Crippen LogP contribution in [0, 0.1) is 6.92 Å². The number of pyridine rings is 1. The number of nitrogens with zero attached hydrogens (tertiary/aromatic N) is 2. The van der Waals surface area contributed by atoms with Gasteiger partial charge in [-0.05, 0) is 43.8 Å². The number of carbonyl (C=O) groups is 1. The smallest absolute Gasteiger partial charge is 0.253 e. The van der Waals surface area contributed by atoms with Crippen molar-refractivity contribution in [3.05, 3.63) is 53.6 Å². The Morgan fingerprint density at radius 1 is 0.903 bits per heavy atom. The van der Waals surface area contributed by atoms with Crippen LogP contribution in [0.2, 0.25) is 0 Å². The normalized spacial score (nSPS) is 9.74. The Morgan fingerprint density at radius 3 is 2.16 bits per heavy atom. The molecule has 3 rings (SSSR count). The summed E-state index contributed by atoms with van der Waals surface area (Å²) in [5.41, 5.74) is 3.50. The fourth-order valence-corrected chi connectivity index (χ4v) is 3.11. The Balaban J connectivity index is 0.00000138. The number of benzene rings is 2. The van der Waals surface area contributed by atoms with Gasteiger partial charge in [-0.15, -0.1) is 0 Å². The van der Waals surface area contributed by atoms with Crippen LogP contribution >= 0.6 is 0 Å². The molecular weight excluding hydrogens is 382 g/mol. The van der Waals surface area contributed by atoms with Gasteiger partial charge in [0.2, 0.25) is 0 Å². The molecule has 1 N–H and O–H groups in total. The average molecular weight is 426 g/mol. The first kappa shape index (κ1) is 28.5. The van der Waals surface area contributed by atoms with Crippen LogP contribution in [0.25, 0.3) is 21.8 Å². The lowest BCUT2D eigenvalue weighted by molar-refractivity contribution is 0.0950. The summed E-state index contributed by atoms with van der Waals surface area (Å²) in [6.45, 7) is 21.8. The van der Waals surface area contributed by atoms with E-state index in [1.807, 2.05) is 59.7 Å². The van der Waals surface area contributed by atoms with Crippen LogP contribution in [0.3, 0.4) is 0 Å². The highest BCUT2D eigenvalue weighted by Crippen LogP contribution is 2.23. The number of hydrogen-bond donors (Lipinski definition) is 1. The van der Waals surface area contributed by atoms with Crippen molar-refractivity contribution < 1.29 is 4.79 Å². The van der Waals surface area contributed by atoms with Crippen molar-refractivity contribution in [2.45, 2.75) is 62.3 Å². The van der Waals surface area contributed by atoms with Gasteiger partial charge in [0.05, 0.1) is 16.6 Å². The van der Waals surface area contributed by atoms with Crippen LogP contribution in [0.5, 0.6) is 0 Å². The molecule has 0 saturated carbocycles. The summed E-state index contributed by atoms with van der Waals surface area (Å²) in [5, 5.41) is 5.12.